The van der Waals surface area contributed by atoms with Crippen LogP contribution in [0.1, 0.15) is 12.5 Å². The van der Waals surface area contributed by atoms with Crippen molar-refractivity contribution in [3.63, 3.8) is 0 Å². The van der Waals surface area contributed by atoms with Gasteiger partial charge in [-0.15, -0.1) is 0 Å². The van der Waals surface area contributed by atoms with Crippen molar-refractivity contribution in [2.24, 2.45) is 0 Å². The standard InChI is InChI=1S/C11H19N3O2S/c1-10(12-2)9-14-17(15,16)8-5-11-3-6-13-7-4-11/h3-4,6-7,10,12,14H,5,8-9H2,1-2H3. The van der Waals surface area contributed by atoms with Gasteiger partial charge in [0.25, 0.3) is 0 Å². The van der Waals surface area contributed by atoms with Crippen LogP contribution in [0.5, 0.6) is 0 Å². The molecule has 0 aliphatic rings. The van der Waals surface area contributed by atoms with Crippen LogP contribution in [0.2, 0.25) is 0 Å². The molecule has 1 aromatic rings. The monoisotopic (exact) mass is 257 g/mol. The number of hydrogen-bond acceptors (Lipinski definition) is 4. The van der Waals surface area contributed by atoms with Crippen LogP contribution in [0.15, 0.2) is 24.5 Å². The Hall–Kier alpha value is -0.980. The van der Waals surface area contributed by atoms with Crippen molar-refractivity contribution in [2.75, 3.05) is 19.3 Å². The van der Waals surface area contributed by atoms with Gasteiger partial charge in [0.15, 0.2) is 0 Å². The third-order valence-electron chi connectivity index (χ3n) is 2.51. The van der Waals surface area contributed by atoms with Crippen LogP contribution in [0.3, 0.4) is 0 Å². The van der Waals surface area contributed by atoms with Crippen molar-refractivity contribution in [1.82, 2.24) is 15.0 Å². The van der Waals surface area contributed by atoms with Crippen LogP contribution in [0, 0.1) is 0 Å². The number of hydrogen-bond donors (Lipinski definition) is 2. The van der Waals surface area contributed by atoms with Crippen LogP contribution in [0.4, 0.5) is 0 Å². The molecule has 0 spiro atoms. The van der Waals surface area contributed by atoms with Gasteiger partial charge in [0.1, 0.15) is 0 Å². The Bertz CT molecular complexity index is 420. The first kappa shape index (κ1) is 14.1. The van der Waals surface area contributed by atoms with E-state index in [1.807, 2.05) is 19.1 Å². The molecule has 6 heteroatoms. The molecule has 2 N–H and O–H groups in total. The first-order valence-corrected chi connectivity index (χ1v) is 7.22. The molecule has 1 atom stereocenters. The Morgan fingerprint density at radius 1 is 1.35 bits per heavy atom. The SMILES string of the molecule is CNC(C)CNS(=O)(=O)CCc1ccncc1. The molecule has 0 aromatic carbocycles. The molecule has 5 nitrogen and oxygen atoms in total. The Morgan fingerprint density at radius 2 is 2.00 bits per heavy atom. The summed E-state index contributed by atoms with van der Waals surface area (Å²) in [6.45, 7) is 2.33. The summed E-state index contributed by atoms with van der Waals surface area (Å²) in [7, 11) is -1.39. The van der Waals surface area contributed by atoms with Gasteiger partial charge in [-0.2, -0.15) is 0 Å². The van der Waals surface area contributed by atoms with Crippen molar-refractivity contribution in [3.8, 4) is 0 Å². The van der Waals surface area contributed by atoms with Gasteiger partial charge >= 0.3 is 0 Å². The summed E-state index contributed by atoms with van der Waals surface area (Å²) < 4.78 is 25.9. The van der Waals surface area contributed by atoms with E-state index in [2.05, 4.69) is 15.0 Å². The molecule has 0 amide bonds. The highest BCUT2D eigenvalue weighted by molar-refractivity contribution is 7.89. The van der Waals surface area contributed by atoms with Gasteiger partial charge in [0, 0.05) is 25.0 Å². The highest BCUT2D eigenvalue weighted by Gasteiger charge is 2.11. The van der Waals surface area contributed by atoms with E-state index < -0.39 is 10.0 Å². The number of likely N-dealkylation sites (N-methyl/N-ethyl adjacent to an activating group) is 1. The van der Waals surface area contributed by atoms with E-state index in [0.29, 0.717) is 13.0 Å². The fourth-order valence-corrected chi connectivity index (χ4v) is 2.38. The molecule has 0 aliphatic carbocycles. The molecule has 17 heavy (non-hydrogen) atoms. The van der Waals surface area contributed by atoms with Gasteiger partial charge in [-0.3, -0.25) is 4.98 Å². The predicted octanol–water partition coefficient (Wildman–Crippen LogP) is 0.151. The summed E-state index contributed by atoms with van der Waals surface area (Å²) in [6.07, 6.45) is 3.84. The van der Waals surface area contributed by atoms with Crippen molar-refractivity contribution < 1.29 is 8.42 Å². The second kappa shape index (κ2) is 6.68. The quantitative estimate of drug-likeness (QED) is 0.729. The first-order valence-electron chi connectivity index (χ1n) is 5.57. The van der Waals surface area contributed by atoms with Crippen LogP contribution in [-0.2, 0) is 16.4 Å². The highest BCUT2D eigenvalue weighted by atomic mass is 32.2. The lowest BCUT2D eigenvalue weighted by Crippen LogP contribution is -2.38. The smallest absolute Gasteiger partial charge is 0.211 e. The maximum atomic E-state index is 11.7. The Morgan fingerprint density at radius 3 is 2.59 bits per heavy atom. The van der Waals surface area contributed by atoms with E-state index in [-0.39, 0.29) is 11.8 Å². The lowest BCUT2D eigenvalue weighted by Gasteiger charge is -2.11. The normalized spacial score (nSPS) is 13.5. The van der Waals surface area contributed by atoms with Crippen molar-refractivity contribution >= 4 is 10.0 Å². The molecule has 0 radical (unpaired) electrons. The Labute approximate surface area is 103 Å². The average Bonchev–Trinajstić information content (AvgIpc) is 2.35. The summed E-state index contributed by atoms with van der Waals surface area (Å²) in [6, 6.07) is 3.78. The zero-order chi connectivity index (χ0) is 12.7. The maximum Gasteiger partial charge on any atom is 0.211 e. The van der Waals surface area contributed by atoms with Gasteiger partial charge in [-0.1, -0.05) is 0 Å². The second-order valence-corrected chi connectivity index (χ2v) is 5.89. The molecule has 0 saturated heterocycles. The summed E-state index contributed by atoms with van der Waals surface area (Å²) in [5.74, 6) is 0.105. The van der Waals surface area contributed by atoms with Crippen LogP contribution in [0.25, 0.3) is 0 Å². The predicted molar refractivity (Wildman–Crippen MR) is 68.3 cm³/mol. The van der Waals surface area contributed by atoms with Crippen molar-refractivity contribution in [1.29, 1.82) is 0 Å². The molecule has 0 fully saturated rings. The fourth-order valence-electron chi connectivity index (χ4n) is 1.23. The van der Waals surface area contributed by atoms with E-state index in [9.17, 15) is 8.42 Å². The van der Waals surface area contributed by atoms with E-state index in [4.69, 9.17) is 0 Å². The van der Waals surface area contributed by atoms with Crippen LogP contribution >= 0.6 is 0 Å². The molecule has 1 rings (SSSR count). The molecule has 1 aromatic heterocycles. The van der Waals surface area contributed by atoms with Gasteiger partial charge in [-0.05, 0) is 38.1 Å². The van der Waals surface area contributed by atoms with Crippen LogP contribution in [-0.4, -0.2) is 38.8 Å². The molecule has 0 saturated carbocycles. The van der Waals surface area contributed by atoms with E-state index in [0.717, 1.165) is 5.56 Å². The van der Waals surface area contributed by atoms with Crippen LogP contribution < -0.4 is 10.0 Å². The van der Waals surface area contributed by atoms with Gasteiger partial charge in [0.2, 0.25) is 10.0 Å². The minimum Gasteiger partial charge on any atom is -0.316 e. The number of aryl methyl sites for hydroxylation is 1. The number of rotatable bonds is 7. The Kier molecular flexibility index (Phi) is 5.54. The van der Waals surface area contributed by atoms with Gasteiger partial charge in [0.05, 0.1) is 5.75 Å². The summed E-state index contributed by atoms with van der Waals surface area (Å²) in [5.41, 5.74) is 0.979. The minimum atomic E-state index is -3.20. The Balaban J connectivity index is 2.40. The van der Waals surface area contributed by atoms with E-state index in [1.165, 1.54) is 0 Å². The largest absolute Gasteiger partial charge is 0.316 e. The summed E-state index contributed by atoms with van der Waals surface area (Å²) >= 11 is 0. The van der Waals surface area contributed by atoms with Crippen molar-refractivity contribution in [3.05, 3.63) is 30.1 Å². The van der Waals surface area contributed by atoms with E-state index >= 15 is 0 Å². The third kappa shape index (κ3) is 5.76. The zero-order valence-electron chi connectivity index (χ0n) is 10.2. The highest BCUT2D eigenvalue weighted by Crippen LogP contribution is 1.99. The summed E-state index contributed by atoms with van der Waals surface area (Å²) in [4.78, 5) is 3.89. The van der Waals surface area contributed by atoms with Crippen molar-refractivity contribution in [2.45, 2.75) is 19.4 Å². The molecular formula is C11H19N3O2S. The number of sulfonamides is 1. The fraction of sp³-hybridized carbons (Fsp3) is 0.545. The lowest BCUT2D eigenvalue weighted by atomic mass is 10.2. The number of pyridine rings is 1. The maximum absolute atomic E-state index is 11.7. The molecular weight excluding hydrogens is 238 g/mol. The van der Waals surface area contributed by atoms with Gasteiger partial charge in [-0.25, -0.2) is 13.1 Å². The third-order valence-corrected chi connectivity index (χ3v) is 3.86. The molecule has 1 unspecified atom stereocenters. The molecule has 96 valence electrons. The number of nitrogens with zero attached hydrogens (tertiary/aromatic N) is 1. The molecule has 0 bridgehead atoms. The average molecular weight is 257 g/mol. The molecule has 1 heterocycles. The molecule has 0 aliphatic heterocycles. The van der Waals surface area contributed by atoms with Gasteiger partial charge < -0.3 is 5.32 Å². The van der Waals surface area contributed by atoms with E-state index in [1.54, 1.807) is 19.4 Å². The number of aromatic nitrogens is 1. The first-order chi connectivity index (χ1) is 8.03. The topological polar surface area (TPSA) is 71.1 Å². The minimum absolute atomic E-state index is 0.105. The summed E-state index contributed by atoms with van der Waals surface area (Å²) in [5, 5.41) is 2.98. The second-order valence-electron chi connectivity index (χ2n) is 3.96. The number of nitrogens with one attached hydrogen (secondary N) is 2. The zero-order valence-corrected chi connectivity index (χ0v) is 11.0. The lowest BCUT2D eigenvalue weighted by molar-refractivity contribution is 0.554.